The van der Waals surface area contributed by atoms with Gasteiger partial charge in [-0.15, -0.1) is 0 Å². The summed E-state index contributed by atoms with van der Waals surface area (Å²) in [6.07, 6.45) is 4.25. The number of amides is 1. The smallest absolute Gasteiger partial charge is 0.222 e. The molecule has 2 heterocycles. The summed E-state index contributed by atoms with van der Waals surface area (Å²) < 4.78 is 1.73. The molecule has 0 bridgehead atoms. The number of nitrogens with zero attached hydrogens (tertiary/aromatic N) is 2. The fourth-order valence-corrected chi connectivity index (χ4v) is 1.50. The Labute approximate surface area is 74.8 Å². The van der Waals surface area contributed by atoms with Crippen LogP contribution in [0.4, 0.5) is 0 Å². The van der Waals surface area contributed by atoms with Gasteiger partial charge in [0.15, 0.2) is 6.29 Å². The Morgan fingerprint density at radius 1 is 1.69 bits per heavy atom. The van der Waals surface area contributed by atoms with Gasteiger partial charge in [0.25, 0.3) is 0 Å². The lowest BCUT2D eigenvalue weighted by Crippen LogP contribution is -2.16. The molecule has 1 fully saturated rings. The van der Waals surface area contributed by atoms with Crippen LogP contribution in [0.15, 0.2) is 12.5 Å². The first-order chi connectivity index (χ1) is 6.31. The highest BCUT2D eigenvalue weighted by molar-refractivity contribution is 5.79. The quantitative estimate of drug-likeness (QED) is 0.637. The summed E-state index contributed by atoms with van der Waals surface area (Å²) >= 11 is 0. The van der Waals surface area contributed by atoms with Crippen molar-refractivity contribution in [2.45, 2.75) is 12.5 Å². The molecule has 1 atom stereocenters. The molecule has 68 valence electrons. The molecule has 0 aliphatic carbocycles. The molecule has 1 aromatic rings. The van der Waals surface area contributed by atoms with E-state index in [-0.39, 0.29) is 11.9 Å². The highest BCUT2D eigenvalue weighted by Crippen LogP contribution is 2.16. The van der Waals surface area contributed by atoms with Gasteiger partial charge in [-0.3, -0.25) is 9.59 Å². The maximum Gasteiger partial charge on any atom is 0.222 e. The fraction of sp³-hybridized carbons (Fsp3) is 0.375. The lowest BCUT2D eigenvalue weighted by Gasteiger charge is -2.09. The molecule has 0 spiro atoms. The minimum absolute atomic E-state index is 0.0237. The van der Waals surface area contributed by atoms with Crippen LogP contribution in [0.2, 0.25) is 0 Å². The highest BCUT2D eigenvalue weighted by atomic mass is 16.2. The van der Waals surface area contributed by atoms with Gasteiger partial charge in [0.1, 0.15) is 5.69 Å². The van der Waals surface area contributed by atoms with Crippen LogP contribution in [0.1, 0.15) is 23.0 Å². The molecular weight excluding hydrogens is 170 g/mol. The summed E-state index contributed by atoms with van der Waals surface area (Å²) in [4.78, 5) is 25.3. The molecule has 0 radical (unpaired) electrons. The normalized spacial score (nSPS) is 21.5. The summed E-state index contributed by atoms with van der Waals surface area (Å²) in [6, 6.07) is 0.0372. The molecule has 5 heteroatoms. The minimum atomic E-state index is 0.0237. The molecule has 13 heavy (non-hydrogen) atoms. The Bertz CT molecular complexity index is 345. The van der Waals surface area contributed by atoms with Crippen LogP contribution >= 0.6 is 0 Å². The first kappa shape index (κ1) is 7.97. The summed E-state index contributed by atoms with van der Waals surface area (Å²) in [5, 5.41) is 2.71. The van der Waals surface area contributed by atoms with Gasteiger partial charge in [0.2, 0.25) is 5.91 Å². The van der Waals surface area contributed by atoms with Crippen LogP contribution in [0, 0.1) is 0 Å². The second-order valence-corrected chi connectivity index (χ2v) is 3.01. The molecule has 1 saturated heterocycles. The Kier molecular flexibility index (Phi) is 1.84. The third-order valence-electron chi connectivity index (χ3n) is 2.17. The number of aromatic nitrogens is 2. The van der Waals surface area contributed by atoms with E-state index < -0.39 is 0 Å². The van der Waals surface area contributed by atoms with Crippen molar-refractivity contribution in [1.82, 2.24) is 14.9 Å². The average Bonchev–Trinajstić information content (AvgIpc) is 2.71. The van der Waals surface area contributed by atoms with Crippen molar-refractivity contribution in [3.8, 4) is 0 Å². The van der Waals surface area contributed by atoms with Crippen molar-refractivity contribution in [2.75, 3.05) is 6.54 Å². The summed E-state index contributed by atoms with van der Waals surface area (Å²) in [5.41, 5.74) is 0.515. The van der Waals surface area contributed by atoms with Crippen molar-refractivity contribution in [3.05, 3.63) is 18.2 Å². The largest absolute Gasteiger partial charge is 0.354 e. The number of carbonyl (C=O) groups excluding carboxylic acids is 2. The molecule has 1 aromatic heterocycles. The first-order valence-electron chi connectivity index (χ1n) is 4.05. The van der Waals surface area contributed by atoms with Crippen LogP contribution in [-0.4, -0.2) is 28.3 Å². The second kappa shape index (κ2) is 3.01. The van der Waals surface area contributed by atoms with Gasteiger partial charge in [0, 0.05) is 13.0 Å². The van der Waals surface area contributed by atoms with E-state index in [1.807, 2.05) is 0 Å². The van der Waals surface area contributed by atoms with E-state index in [0.717, 1.165) is 6.29 Å². The van der Waals surface area contributed by atoms with E-state index >= 15 is 0 Å². The number of nitrogens with one attached hydrogen (secondary N) is 1. The Balaban J connectivity index is 2.25. The van der Waals surface area contributed by atoms with E-state index in [0.29, 0.717) is 18.7 Å². The number of rotatable bonds is 2. The van der Waals surface area contributed by atoms with Crippen molar-refractivity contribution in [2.24, 2.45) is 0 Å². The van der Waals surface area contributed by atoms with E-state index in [1.54, 1.807) is 10.9 Å². The number of imidazole rings is 1. The van der Waals surface area contributed by atoms with Crippen LogP contribution in [-0.2, 0) is 4.79 Å². The summed E-state index contributed by atoms with van der Waals surface area (Å²) in [6.45, 7) is 0.579. The predicted octanol–water partition coefficient (Wildman–Crippen LogP) is -0.243. The van der Waals surface area contributed by atoms with Crippen molar-refractivity contribution < 1.29 is 9.59 Å². The van der Waals surface area contributed by atoms with E-state index in [9.17, 15) is 9.59 Å². The molecule has 0 saturated carbocycles. The molecule has 1 amide bonds. The van der Waals surface area contributed by atoms with Crippen molar-refractivity contribution >= 4 is 12.2 Å². The molecular formula is C8H9N3O2. The SMILES string of the molecule is O=Cc1cncn1C1CNC(=O)C1. The molecule has 0 aromatic carbocycles. The van der Waals surface area contributed by atoms with Crippen LogP contribution in [0.5, 0.6) is 0 Å². The van der Waals surface area contributed by atoms with Gasteiger partial charge in [-0.25, -0.2) is 4.98 Å². The standard InChI is InChI=1S/C8H9N3O2/c12-4-7-2-9-5-11(7)6-1-8(13)10-3-6/h2,4-6H,1,3H2,(H,10,13). The van der Waals surface area contributed by atoms with E-state index in [2.05, 4.69) is 10.3 Å². The lowest BCUT2D eigenvalue weighted by molar-refractivity contribution is -0.119. The third kappa shape index (κ3) is 1.32. The summed E-state index contributed by atoms with van der Waals surface area (Å²) in [7, 11) is 0. The number of carbonyl (C=O) groups is 2. The van der Waals surface area contributed by atoms with Gasteiger partial charge in [0.05, 0.1) is 18.6 Å². The monoisotopic (exact) mass is 179 g/mol. The number of hydrogen-bond acceptors (Lipinski definition) is 3. The Morgan fingerprint density at radius 3 is 3.15 bits per heavy atom. The fourth-order valence-electron chi connectivity index (χ4n) is 1.50. The van der Waals surface area contributed by atoms with Crippen LogP contribution < -0.4 is 5.32 Å². The van der Waals surface area contributed by atoms with Gasteiger partial charge >= 0.3 is 0 Å². The molecule has 1 aliphatic heterocycles. The number of aldehydes is 1. The maximum absolute atomic E-state index is 10.9. The van der Waals surface area contributed by atoms with Gasteiger partial charge in [-0.05, 0) is 0 Å². The lowest BCUT2D eigenvalue weighted by atomic mass is 10.2. The van der Waals surface area contributed by atoms with Gasteiger partial charge in [-0.1, -0.05) is 0 Å². The second-order valence-electron chi connectivity index (χ2n) is 3.01. The Morgan fingerprint density at radius 2 is 2.54 bits per heavy atom. The average molecular weight is 179 g/mol. The molecule has 5 nitrogen and oxygen atoms in total. The van der Waals surface area contributed by atoms with E-state index in [1.165, 1.54) is 6.20 Å². The first-order valence-corrected chi connectivity index (χ1v) is 4.05. The number of hydrogen-bond donors (Lipinski definition) is 1. The molecule has 1 aliphatic rings. The molecule has 2 rings (SSSR count). The van der Waals surface area contributed by atoms with Crippen molar-refractivity contribution in [1.29, 1.82) is 0 Å². The highest BCUT2D eigenvalue weighted by Gasteiger charge is 2.23. The zero-order valence-corrected chi connectivity index (χ0v) is 6.93. The van der Waals surface area contributed by atoms with Crippen LogP contribution in [0.25, 0.3) is 0 Å². The molecule has 1 N–H and O–H groups in total. The Hall–Kier alpha value is -1.65. The zero-order chi connectivity index (χ0) is 9.26. The minimum Gasteiger partial charge on any atom is -0.354 e. The third-order valence-corrected chi connectivity index (χ3v) is 2.17. The maximum atomic E-state index is 10.9. The van der Waals surface area contributed by atoms with E-state index in [4.69, 9.17) is 0 Å². The zero-order valence-electron chi connectivity index (χ0n) is 6.93. The topological polar surface area (TPSA) is 64.0 Å². The molecule has 1 unspecified atom stereocenters. The van der Waals surface area contributed by atoms with Gasteiger partial charge < -0.3 is 9.88 Å². The predicted molar refractivity (Wildman–Crippen MR) is 44.3 cm³/mol. The van der Waals surface area contributed by atoms with Gasteiger partial charge in [-0.2, -0.15) is 0 Å². The van der Waals surface area contributed by atoms with Crippen LogP contribution in [0.3, 0.4) is 0 Å². The summed E-state index contributed by atoms with van der Waals surface area (Å²) in [5.74, 6) is 0.0237. The van der Waals surface area contributed by atoms with Crippen molar-refractivity contribution in [3.63, 3.8) is 0 Å².